The van der Waals surface area contributed by atoms with Crippen molar-refractivity contribution in [2.75, 3.05) is 17.3 Å². The summed E-state index contributed by atoms with van der Waals surface area (Å²) < 4.78 is 0. The van der Waals surface area contributed by atoms with Crippen molar-refractivity contribution in [2.24, 2.45) is 0 Å². The third-order valence-corrected chi connectivity index (χ3v) is 5.24. The molecule has 0 saturated heterocycles. The van der Waals surface area contributed by atoms with Gasteiger partial charge in [-0.3, -0.25) is 9.59 Å². The second-order valence-corrected chi connectivity index (χ2v) is 8.84. The summed E-state index contributed by atoms with van der Waals surface area (Å²) in [5.74, 6) is 0.290. The third kappa shape index (κ3) is 5.85. The van der Waals surface area contributed by atoms with Gasteiger partial charge in [-0.25, -0.2) is 4.98 Å². The lowest BCUT2D eigenvalue weighted by molar-refractivity contribution is -0.118. The van der Waals surface area contributed by atoms with E-state index in [4.69, 9.17) is 0 Å². The summed E-state index contributed by atoms with van der Waals surface area (Å²) in [7, 11) is 0. The van der Waals surface area contributed by atoms with Crippen molar-refractivity contribution >= 4 is 40.0 Å². The molecule has 1 aromatic carbocycles. The summed E-state index contributed by atoms with van der Waals surface area (Å²) in [6.45, 7) is 6.39. The molecule has 0 aliphatic heterocycles. The lowest BCUT2D eigenvalue weighted by Crippen LogP contribution is -2.44. The maximum atomic E-state index is 12.6. The van der Waals surface area contributed by atoms with E-state index in [2.05, 4.69) is 36.4 Å². The topological polar surface area (TPSA) is 71.1 Å². The van der Waals surface area contributed by atoms with Crippen LogP contribution in [0.2, 0.25) is 0 Å². The fourth-order valence-corrected chi connectivity index (χ4v) is 3.35. The number of nitrogens with one attached hydrogen (secondary N) is 2. The summed E-state index contributed by atoms with van der Waals surface area (Å²) in [5.41, 5.74) is 1.74. The molecule has 0 saturated carbocycles. The van der Waals surface area contributed by atoms with Gasteiger partial charge in [0.1, 0.15) is 6.04 Å². The summed E-state index contributed by atoms with van der Waals surface area (Å²) in [5, 5.41) is 7.94. The Morgan fingerprint density at radius 2 is 1.92 bits per heavy atom. The minimum atomic E-state index is -0.596. The molecule has 0 bridgehead atoms. The number of carbonyl (C=O) groups is 2. The number of aromatic nitrogens is 1. The number of hydrogen-bond acceptors (Lipinski definition) is 5. The zero-order chi connectivity index (χ0) is 19.2. The van der Waals surface area contributed by atoms with E-state index in [1.807, 2.05) is 18.4 Å². The molecule has 0 spiro atoms. The highest BCUT2D eigenvalue weighted by Gasteiger charge is 2.22. The van der Waals surface area contributed by atoms with E-state index in [1.54, 1.807) is 35.5 Å². The van der Waals surface area contributed by atoms with Crippen molar-refractivity contribution in [3.05, 3.63) is 47.0 Å². The summed E-state index contributed by atoms with van der Waals surface area (Å²) >= 11 is 2.99. The molecule has 5 nitrogen and oxygen atoms in total. The van der Waals surface area contributed by atoms with Crippen LogP contribution in [0.1, 0.15) is 43.1 Å². The highest BCUT2D eigenvalue weighted by atomic mass is 32.2. The number of amides is 2. The SMILES string of the molecule is CSCC[C@@H](NC(=O)c1ccc(C(C)(C)C)cc1)C(=O)Nc1nccs1. The van der Waals surface area contributed by atoms with Gasteiger partial charge in [-0.2, -0.15) is 11.8 Å². The first kappa shape index (κ1) is 20.5. The van der Waals surface area contributed by atoms with E-state index >= 15 is 0 Å². The van der Waals surface area contributed by atoms with Gasteiger partial charge in [0.05, 0.1) is 0 Å². The number of thioether (sulfide) groups is 1. The molecule has 7 heteroatoms. The van der Waals surface area contributed by atoms with Gasteiger partial charge in [-0.1, -0.05) is 32.9 Å². The molecule has 1 atom stereocenters. The van der Waals surface area contributed by atoms with Crippen LogP contribution in [0.25, 0.3) is 0 Å². The number of anilines is 1. The van der Waals surface area contributed by atoms with Gasteiger partial charge in [0.2, 0.25) is 5.91 Å². The van der Waals surface area contributed by atoms with Crippen LogP contribution in [-0.4, -0.2) is 34.8 Å². The van der Waals surface area contributed by atoms with E-state index < -0.39 is 6.04 Å². The minimum absolute atomic E-state index is 0.0312. The third-order valence-electron chi connectivity index (χ3n) is 3.91. The molecule has 140 valence electrons. The van der Waals surface area contributed by atoms with E-state index in [0.29, 0.717) is 17.1 Å². The molecule has 1 heterocycles. The molecule has 2 N–H and O–H groups in total. The molecule has 2 aromatic rings. The zero-order valence-corrected chi connectivity index (χ0v) is 17.2. The Kier molecular flexibility index (Phi) is 7.23. The molecule has 2 rings (SSSR count). The largest absolute Gasteiger partial charge is 0.340 e. The maximum absolute atomic E-state index is 12.6. The van der Waals surface area contributed by atoms with Gasteiger partial charge >= 0.3 is 0 Å². The minimum Gasteiger partial charge on any atom is -0.340 e. The normalized spacial score (nSPS) is 12.5. The molecule has 1 aromatic heterocycles. The van der Waals surface area contributed by atoms with Crippen molar-refractivity contribution < 1.29 is 9.59 Å². The average molecular weight is 392 g/mol. The number of carbonyl (C=O) groups excluding carboxylic acids is 2. The first-order chi connectivity index (χ1) is 12.3. The lowest BCUT2D eigenvalue weighted by Gasteiger charge is -2.20. The Bertz CT molecular complexity index is 722. The van der Waals surface area contributed by atoms with Crippen molar-refractivity contribution in [2.45, 2.75) is 38.6 Å². The Hall–Kier alpha value is -1.86. The van der Waals surface area contributed by atoms with E-state index in [9.17, 15) is 9.59 Å². The first-order valence-corrected chi connectivity index (χ1v) is 10.7. The Morgan fingerprint density at radius 1 is 1.23 bits per heavy atom. The van der Waals surface area contributed by atoms with Crippen molar-refractivity contribution in [1.29, 1.82) is 0 Å². The Labute approximate surface area is 163 Å². The van der Waals surface area contributed by atoms with Crippen LogP contribution in [0, 0.1) is 0 Å². The van der Waals surface area contributed by atoms with Crippen molar-refractivity contribution in [3.63, 3.8) is 0 Å². The average Bonchev–Trinajstić information content (AvgIpc) is 3.10. The van der Waals surface area contributed by atoms with Gasteiger partial charge in [-0.15, -0.1) is 11.3 Å². The quantitative estimate of drug-likeness (QED) is 0.750. The number of benzene rings is 1. The van der Waals surface area contributed by atoms with E-state index in [0.717, 1.165) is 11.3 Å². The monoisotopic (exact) mass is 391 g/mol. The fourth-order valence-electron chi connectivity index (χ4n) is 2.35. The summed E-state index contributed by atoms with van der Waals surface area (Å²) in [4.78, 5) is 29.1. The van der Waals surface area contributed by atoms with Crippen LogP contribution in [0.4, 0.5) is 5.13 Å². The molecule has 0 aliphatic carbocycles. The first-order valence-electron chi connectivity index (χ1n) is 8.42. The van der Waals surface area contributed by atoms with Crippen LogP contribution in [0.15, 0.2) is 35.8 Å². The summed E-state index contributed by atoms with van der Waals surface area (Å²) in [6.07, 6.45) is 4.17. The van der Waals surface area contributed by atoms with Crippen LogP contribution >= 0.6 is 23.1 Å². The lowest BCUT2D eigenvalue weighted by atomic mass is 9.86. The summed E-state index contributed by atoms with van der Waals surface area (Å²) in [6, 6.07) is 6.94. The second kappa shape index (κ2) is 9.19. The molecule has 0 unspecified atom stereocenters. The maximum Gasteiger partial charge on any atom is 0.251 e. The van der Waals surface area contributed by atoms with Crippen LogP contribution in [0.3, 0.4) is 0 Å². The number of nitrogens with zero attached hydrogens (tertiary/aromatic N) is 1. The van der Waals surface area contributed by atoms with Crippen LogP contribution < -0.4 is 10.6 Å². The molecular formula is C19H25N3O2S2. The predicted molar refractivity (Wildman–Crippen MR) is 110 cm³/mol. The molecule has 26 heavy (non-hydrogen) atoms. The fraction of sp³-hybridized carbons (Fsp3) is 0.421. The Morgan fingerprint density at radius 3 is 2.46 bits per heavy atom. The van der Waals surface area contributed by atoms with Crippen LogP contribution in [-0.2, 0) is 10.2 Å². The van der Waals surface area contributed by atoms with Gasteiger partial charge in [0.25, 0.3) is 5.91 Å². The second-order valence-electron chi connectivity index (χ2n) is 6.96. The van der Waals surface area contributed by atoms with Gasteiger partial charge < -0.3 is 10.6 Å². The smallest absolute Gasteiger partial charge is 0.251 e. The van der Waals surface area contributed by atoms with Gasteiger partial charge in [0, 0.05) is 17.1 Å². The van der Waals surface area contributed by atoms with Crippen LogP contribution in [0.5, 0.6) is 0 Å². The predicted octanol–water partition coefficient (Wildman–Crippen LogP) is 3.93. The number of rotatable bonds is 7. The number of thiazole rings is 1. The van der Waals surface area contributed by atoms with E-state index in [1.165, 1.54) is 11.3 Å². The molecule has 0 radical (unpaired) electrons. The van der Waals surface area contributed by atoms with Crippen molar-refractivity contribution in [1.82, 2.24) is 10.3 Å². The van der Waals surface area contributed by atoms with Gasteiger partial charge in [0.15, 0.2) is 5.13 Å². The van der Waals surface area contributed by atoms with Crippen molar-refractivity contribution in [3.8, 4) is 0 Å². The van der Waals surface area contributed by atoms with E-state index in [-0.39, 0.29) is 17.2 Å². The number of hydrogen-bond donors (Lipinski definition) is 2. The molecular weight excluding hydrogens is 366 g/mol. The highest BCUT2D eigenvalue weighted by Crippen LogP contribution is 2.22. The van der Waals surface area contributed by atoms with Gasteiger partial charge in [-0.05, 0) is 41.5 Å². The zero-order valence-electron chi connectivity index (χ0n) is 15.5. The standard InChI is InChI=1S/C19H25N3O2S2/c1-19(2,3)14-7-5-13(6-8-14)16(23)21-15(9-11-25-4)17(24)22-18-20-10-12-26-18/h5-8,10,12,15H,9,11H2,1-4H3,(H,21,23)(H,20,22,24)/t15-/m1/s1. The Balaban J connectivity index is 2.06. The molecule has 2 amide bonds. The molecule has 0 aliphatic rings. The highest BCUT2D eigenvalue weighted by molar-refractivity contribution is 7.98. The molecule has 0 fully saturated rings.